The zero-order chi connectivity index (χ0) is 15.3. The number of carboxylic acid groups (broad SMARTS) is 1. The topological polar surface area (TPSA) is 75.6 Å². The van der Waals surface area contributed by atoms with Gasteiger partial charge in [0.15, 0.2) is 11.0 Å². The molecule has 0 aliphatic rings. The van der Waals surface area contributed by atoms with Gasteiger partial charge in [-0.15, -0.1) is 17.9 Å². The molecule has 0 saturated carbocycles. The van der Waals surface area contributed by atoms with Crippen molar-refractivity contribution >= 4 is 23.2 Å². The number of amides is 1. The Morgan fingerprint density at radius 1 is 1.50 bits per heavy atom. The summed E-state index contributed by atoms with van der Waals surface area (Å²) in [5, 5.41) is 11.8. The lowest BCUT2D eigenvalue weighted by Gasteiger charge is -2.13. The Labute approximate surface area is 122 Å². The maximum absolute atomic E-state index is 11.7. The Balaban J connectivity index is 2.87. The molecule has 0 radical (unpaired) electrons. The summed E-state index contributed by atoms with van der Waals surface area (Å²) in [6.45, 7) is 9.38. The van der Waals surface area contributed by atoms with Crippen molar-refractivity contribution in [2.75, 3.05) is 6.54 Å². The summed E-state index contributed by atoms with van der Waals surface area (Å²) in [7, 11) is 0. The second-order valence-electron chi connectivity index (χ2n) is 4.60. The number of carbonyl (C=O) groups is 2. The van der Waals surface area contributed by atoms with Gasteiger partial charge in [-0.3, -0.25) is 4.79 Å². The van der Waals surface area contributed by atoms with E-state index in [-0.39, 0.29) is 22.5 Å². The van der Waals surface area contributed by atoms with E-state index in [2.05, 4.69) is 11.9 Å². The zero-order valence-electron chi connectivity index (χ0n) is 11.8. The first kappa shape index (κ1) is 16.2. The number of carboxylic acids is 1. The van der Waals surface area contributed by atoms with Crippen LogP contribution in [0.5, 0.6) is 5.75 Å². The van der Waals surface area contributed by atoms with Gasteiger partial charge >= 0.3 is 5.97 Å². The van der Waals surface area contributed by atoms with Gasteiger partial charge in [-0.05, 0) is 18.9 Å². The van der Waals surface area contributed by atoms with Crippen LogP contribution in [0.25, 0.3) is 0 Å². The van der Waals surface area contributed by atoms with Gasteiger partial charge < -0.3 is 15.2 Å². The van der Waals surface area contributed by atoms with E-state index in [9.17, 15) is 14.7 Å². The predicted molar refractivity (Wildman–Crippen MR) is 78.7 cm³/mol. The van der Waals surface area contributed by atoms with Gasteiger partial charge in [0.25, 0.3) is 5.91 Å². The van der Waals surface area contributed by atoms with Crippen LogP contribution in [0.3, 0.4) is 0 Å². The number of carbonyl (C=O) groups excluding carboxylic acids is 1. The molecule has 0 saturated heterocycles. The Kier molecular flexibility index (Phi) is 5.76. The standard InChI is InChI=1S/C14H19NO4S/c1-5-6-15-13(16)9(4)19-10-7-11(8(2)3)20-12(10)14(17)18/h5,7-9H,1,6H2,2-4H3,(H,15,16)(H,17,18). The Hall–Kier alpha value is -1.82. The van der Waals surface area contributed by atoms with Crippen LogP contribution in [0.15, 0.2) is 18.7 Å². The SMILES string of the molecule is C=CCNC(=O)C(C)Oc1cc(C(C)C)sc1C(=O)O. The first-order chi connectivity index (χ1) is 9.36. The molecule has 1 aromatic heterocycles. The van der Waals surface area contributed by atoms with Crippen LogP contribution in [0.1, 0.15) is 41.2 Å². The molecule has 1 amide bonds. The van der Waals surface area contributed by atoms with E-state index in [1.807, 2.05) is 13.8 Å². The van der Waals surface area contributed by atoms with E-state index in [0.717, 1.165) is 4.88 Å². The Bertz CT molecular complexity index is 507. The molecule has 20 heavy (non-hydrogen) atoms. The molecule has 1 heterocycles. The smallest absolute Gasteiger partial charge is 0.349 e. The van der Waals surface area contributed by atoms with Crippen molar-refractivity contribution < 1.29 is 19.4 Å². The Morgan fingerprint density at radius 3 is 2.65 bits per heavy atom. The van der Waals surface area contributed by atoms with Crippen molar-refractivity contribution in [3.8, 4) is 5.75 Å². The van der Waals surface area contributed by atoms with E-state index < -0.39 is 12.1 Å². The lowest BCUT2D eigenvalue weighted by molar-refractivity contribution is -0.127. The minimum Gasteiger partial charge on any atom is -0.479 e. The molecule has 2 N–H and O–H groups in total. The predicted octanol–water partition coefficient (Wildman–Crippen LogP) is 2.64. The number of hydrogen-bond donors (Lipinski definition) is 2. The van der Waals surface area contributed by atoms with Crippen molar-refractivity contribution in [3.63, 3.8) is 0 Å². The largest absolute Gasteiger partial charge is 0.479 e. The van der Waals surface area contributed by atoms with Gasteiger partial charge in [0.1, 0.15) is 5.75 Å². The third kappa shape index (κ3) is 4.09. The highest BCUT2D eigenvalue weighted by Crippen LogP contribution is 2.34. The zero-order valence-corrected chi connectivity index (χ0v) is 12.6. The van der Waals surface area contributed by atoms with Gasteiger partial charge in [0.05, 0.1) is 0 Å². The molecule has 0 aliphatic heterocycles. The monoisotopic (exact) mass is 297 g/mol. The highest BCUT2D eigenvalue weighted by atomic mass is 32.1. The van der Waals surface area contributed by atoms with Crippen LogP contribution in [0.2, 0.25) is 0 Å². The third-order valence-electron chi connectivity index (χ3n) is 2.57. The summed E-state index contributed by atoms with van der Waals surface area (Å²) in [6, 6.07) is 1.69. The maximum Gasteiger partial charge on any atom is 0.349 e. The van der Waals surface area contributed by atoms with Crippen LogP contribution in [-0.2, 0) is 4.79 Å². The third-order valence-corrected chi connectivity index (χ3v) is 3.98. The molecule has 1 rings (SSSR count). The average molecular weight is 297 g/mol. The van der Waals surface area contributed by atoms with Crippen LogP contribution < -0.4 is 10.1 Å². The van der Waals surface area contributed by atoms with Crippen LogP contribution in [0.4, 0.5) is 0 Å². The average Bonchev–Trinajstić information content (AvgIpc) is 2.80. The van der Waals surface area contributed by atoms with Crippen molar-refractivity contribution in [1.82, 2.24) is 5.32 Å². The number of hydrogen-bond acceptors (Lipinski definition) is 4. The molecule has 110 valence electrons. The molecule has 0 aromatic carbocycles. The minimum atomic E-state index is -1.05. The van der Waals surface area contributed by atoms with Crippen molar-refractivity contribution in [2.24, 2.45) is 0 Å². The fourth-order valence-corrected chi connectivity index (χ4v) is 2.41. The van der Waals surface area contributed by atoms with Gasteiger partial charge in [-0.25, -0.2) is 4.79 Å². The highest BCUT2D eigenvalue weighted by Gasteiger charge is 2.22. The molecule has 6 heteroatoms. The summed E-state index contributed by atoms with van der Waals surface area (Å²) in [6.07, 6.45) is 0.803. The molecule has 1 unspecified atom stereocenters. The van der Waals surface area contributed by atoms with E-state index in [1.54, 1.807) is 19.1 Å². The molecular weight excluding hydrogens is 278 g/mol. The van der Waals surface area contributed by atoms with Crippen molar-refractivity contribution in [2.45, 2.75) is 32.8 Å². The summed E-state index contributed by atoms with van der Waals surface area (Å²) in [4.78, 5) is 23.9. The second-order valence-corrected chi connectivity index (χ2v) is 5.68. The van der Waals surface area contributed by atoms with Crippen molar-refractivity contribution in [3.05, 3.63) is 28.5 Å². The summed E-state index contributed by atoms with van der Waals surface area (Å²) in [5.74, 6) is -0.901. The number of ether oxygens (including phenoxy) is 1. The van der Waals surface area contributed by atoms with Crippen LogP contribution >= 0.6 is 11.3 Å². The minimum absolute atomic E-state index is 0.122. The molecule has 0 bridgehead atoms. The van der Waals surface area contributed by atoms with E-state index in [0.29, 0.717) is 6.54 Å². The second kappa shape index (κ2) is 7.09. The highest BCUT2D eigenvalue weighted by molar-refractivity contribution is 7.14. The molecule has 0 fully saturated rings. The normalized spacial score (nSPS) is 12.0. The maximum atomic E-state index is 11.7. The van der Waals surface area contributed by atoms with E-state index in [1.165, 1.54) is 11.3 Å². The van der Waals surface area contributed by atoms with Crippen LogP contribution in [-0.4, -0.2) is 29.6 Å². The Morgan fingerprint density at radius 2 is 2.15 bits per heavy atom. The fraction of sp³-hybridized carbons (Fsp3) is 0.429. The first-order valence-corrected chi connectivity index (χ1v) is 7.10. The van der Waals surface area contributed by atoms with Gasteiger partial charge in [0, 0.05) is 11.4 Å². The van der Waals surface area contributed by atoms with Crippen LogP contribution in [0, 0.1) is 0 Å². The number of nitrogens with one attached hydrogen (secondary N) is 1. The quantitative estimate of drug-likeness (QED) is 0.759. The van der Waals surface area contributed by atoms with Crippen molar-refractivity contribution in [1.29, 1.82) is 0 Å². The lowest BCUT2D eigenvalue weighted by Crippen LogP contribution is -2.36. The molecule has 1 aromatic rings. The molecule has 0 aliphatic carbocycles. The fourth-order valence-electron chi connectivity index (χ4n) is 1.47. The molecule has 0 spiro atoms. The van der Waals surface area contributed by atoms with E-state index in [4.69, 9.17) is 4.74 Å². The summed E-state index contributed by atoms with van der Waals surface area (Å²) >= 11 is 1.17. The summed E-state index contributed by atoms with van der Waals surface area (Å²) < 4.78 is 5.48. The molecule has 5 nitrogen and oxygen atoms in total. The molecular formula is C14H19NO4S. The number of thiophene rings is 1. The van der Waals surface area contributed by atoms with Gasteiger partial charge in [-0.1, -0.05) is 19.9 Å². The summed E-state index contributed by atoms with van der Waals surface area (Å²) in [5.41, 5.74) is 0. The van der Waals surface area contributed by atoms with E-state index >= 15 is 0 Å². The number of rotatable bonds is 7. The van der Waals surface area contributed by atoms with Gasteiger partial charge in [-0.2, -0.15) is 0 Å². The first-order valence-electron chi connectivity index (χ1n) is 6.29. The van der Waals surface area contributed by atoms with Gasteiger partial charge in [0.2, 0.25) is 0 Å². The number of aromatic carboxylic acids is 1. The lowest BCUT2D eigenvalue weighted by atomic mass is 10.2. The molecule has 1 atom stereocenters.